The second kappa shape index (κ2) is 5.63. The quantitative estimate of drug-likeness (QED) is 0.432. The Balaban J connectivity index is 2.18. The molecule has 4 nitrogen and oxygen atoms in total. The van der Waals surface area contributed by atoms with Crippen molar-refractivity contribution < 1.29 is 0 Å². The van der Waals surface area contributed by atoms with Gasteiger partial charge in [0.15, 0.2) is 5.11 Å². The minimum Gasteiger partial charge on any atom is -0.331 e. The van der Waals surface area contributed by atoms with Gasteiger partial charge >= 0.3 is 0 Å². The van der Waals surface area contributed by atoms with Gasteiger partial charge in [0, 0.05) is 24.9 Å². The number of nitrogens with one attached hydrogen (secondary N) is 2. The summed E-state index contributed by atoms with van der Waals surface area (Å²) in [7, 11) is 3.80. The molecule has 106 valence electrons. The zero-order valence-corrected chi connectivity index (χ0v) is 12.7. The fraction of sp³-hybridized carbons (Fsp3) is 0.125. The molecule has 0 fully saturated rings. The minimum atomic E-state index is 0.557. The van der Waals surface area contributed by atoms with Gasteiger partial charge in [0.05, 0.1) is 16.7 Å². The Kier molecular flexibility index (Phi) is 3.68. The van der Waals surface area contributed by atoms with Gasteiger partial charge < -0.3 is 5.32 Å². The molecular formula is C16H16N4S. The predicted molar refractivity (Wildman–Crippen MR) is 92.3 cm³/mol. The third kappa shape index (κ3) is 2.79. The summed E-state index contributed by atoms with van der Waals surface area (Å²) in [4.78, 5) is 4.69. The Hall–Kier alpha value is -2.24. The molecule has 1 aromatic heterocycles. The molecule has 0 aliphatic carbocycles. The molecule has 0 saturated carbocycles. The van der Waals surface area contributed by atoms with Crippen molar-refractivity contribution in [3.8, 4) is 0 Å². The molecule has 0 bridgehead atoms. The molecule has 0 aliphatic heterocycles. The summed E-state index contributed by atoms with van der Waals surface area (Å²) >= 11 is 5.35. The van der Waals surface area contributed by atoms with E-state index in [1.165, 1.54) is 0 Å². The molecule has 1 heterocycles. The Labute approximate surface area is 128 Å². The zero-order chi connectivity index (χ0) is 14.8. The van der Waals surface area contributed by atoms with E-state index in [2.05, 4.69) is 22.9 Å². The van der Waals surface area contributed by atoms with Gasteiger partial charge in [-0.05, 0) is 24.4 Å². The van der Waals surface area contributed by atoms with E-state index in [9.17, 15) is 0 Å². The number of rotatable bonds is 2. The molecule has 5 heteroatoms. The fourth-order valence-corrected chi connectivity index (χ4v) is 2.60. The standard InChI is InChI=1S/C16H16N4S/c1-20(2)19-16(21)18-15-11-7-3-5-9-13(11)17-14-10-6-4-8-12(14)15/h3-10H,1-2H3,(H2,17,18,19,21). The molecule has 0 amide bonds. The summed E-state index contributed by atoms with van der Waals surface area (Å²) in [6.45, 7) is 0. The molecule has 0 unspecified atom stereocenters. The van der Waals surface area contributed by atoms with Crippen LogP contribution >= 0.6 is 12.2 Å². The molecule has 3 aromatic rings. The highest BCUT2D eigenvalue weighted by Gasteiger charge is 2.09. The largest absolute Gasteiger partial charge is 0.331 e. The van der Waals surface area contributed by atoms with E-state index in [-0.39, 0.29) is 0 Å². The van der Waals surface area contributed by atoms with Crippen molar-refractivity contribution in [2.24, 2.45) is 0 Å². The van der Waals surface area contributed by atoms with Crippen LogP contribution in [-0.4, -0.2) is 29.2 Å². The lowest BCUT2D eigenvalue weighted by Crippen LogP contribution is -2.39. The summed E-state index contributed by atoms with van der Waals surface area (Å²) in [6.07, 6.45) is 0. The molecule has 0 aliphatic rings. The zero-order valence-electron chi connectivity index (χ0n) is 11.9. The van der Waals surface area contributed by atoms with Crippen LogP contribution in [0.2, 0.25) is 0 Å². The first kappa shape index (κ1) is 13.7. The Morgan fingerprint density at radius 1 is 0.952 bits per heavy atom. The summed E-state index contributed by atoms with van der Waals surface area (Å²) in [5.74, 6) is 0. The van der Waals surface area contributed by atoms with Crippen molar-refractivity contribution in [2.75, 3.05) is 19.4 Å². The highest BCUT2D eigenvalue weighted by molar-refractivity contribution is 7.80. The van der Waals surface area contributed by atoms with E-state index in [1.807, 2.05) is 50.5 Å². The van der Waals surface area contributed by atoms with Crippen molar-refractivity contribution in [1.82, 2.24) is 15.4 Å². The molecule has 0 atom stereocenters. The number of anilines is 1. The van der Waals surface area contributed by atoms with E-state index in [0.717, 1.165) is 27.5 Å². The molecule has 3 rings (SSSR count). The fourth-order valence-electron chi connectivity index (χ4n) is 2.32. The monoisotopic (exact) mass is 296 g/mol. The molecule has 2 aromatic carbocycles. The van der Waals surface area contributed by atoms with Crippen molar-refractivity contribution in [2.45, 2.75) is 0 Å². The Bertz CT molecular complexity index is 760. The first-order valence-corrected chi connectivity index (χ1v) is 7.08. The van der Waals surface area contributed by atoms with Crippen LogP contribution < -0.4 is 10.7 Å². The maximum atomic E-state index is 5.35. The lowest BCUT2D eigenvalue weighted by molar-refractivity contribution is 0.365. The van der Waals surface area contributed by atoms with Gasteiger partial charge in [-0.1, -0.05) is 36.4 Å². The summed E-state index contributed by atoms with van der Waals surface area (Å²) in [6, 6.07) is 16.1. The number of aromatic nitrogens is 1. The average Bonchev–Trinajstić information content (AvgIpc) is 2.46. The van der Waals surface area contributed by atoms with Crippen LogP contribution in [-0.2, 0) is 0 Å². The van der Waals surface area contributed by atoms with Gasteiger partial charge in [-0.15, -0.1) is 0 Å². The maximum Gasteiger partial charge on any atom is 0.185 e. The highest BCUT2D eigenvalue weighted by atomic mass is 32.1. The first-order chi connectivity index (χ1) is 10.1. The van der Waals surface area contributed by atoms with Crippen LogP contribution in [0.15, 0.2) is 48.5 Å². The number of benzene rings is 2. The van der Waals surface area contributed by atoms with Crippen molar-refractivity contribution in [1.29, 1.82) is 0 Å². The van der Waals surface area contributed by atoms with Crippen molar-refractivity contribution in [3.63, 3.8) is 0 Å². The number of hydrogen-bond donors (Lipinski definition) is 2. The number of pyridine rings is 1. The Morgan fingerprint density at radius 3 is 2.00 bits per heavy atom. The third-order valence-electron chi connectivity index (χ3n) is 3.15. The van der Waals surface area contributed by atoms with Gasteiger partial charge in [-0.25, -0.2) is 9.99 Å². The smallest absolute Gasteiger partial charge is 0.185 e. The third-order valence-corrected chi connectivity index (χ3v) is 3.34. The van der Waals surface area contributed by atoms with Gasteiger partial charge in [-0.2, -0.15) is 0 Å². The van der Waals surface area contributed by atoms with Crippen LogP contribution in [0.3, 0.4) is 0 Å². The number of hydrazine groups is 1. The summed E-state index contributed by atoms with van der Waals surface area (Å²) in [5, 5.41) is 7.77. The molecule has 21 heavy (non-hydrogen) atoms. The number of thiocarbonyl (C=S) groups is 1. The van der Waals surface area contributed by atoms with Crippen LogP contribution in [0.1, 0.15) is 0 Å². The molecule has 2 N–H and O–H groups in total. The van der Waals surface area contributed by atoms with Crippen molar-refractivity contribution >= 4 is 44.8 Å². The summed E-state index contributed by atoms with van der Waals surface area (Å²) < 4.78 is 0. The van der Waals surface area contributed by atoms with Crippen LogP contribution in [0.5, 0.6) is 0 Å². The maximum absolute atomic E-state index is 5.35. The molecule has 0 saturated heterocycles. The lowest BCUT2D eigenvalue weighted by atomic mass is 10.1. The van der Waals surface area contributed by atoms with Gasteiger partial charge in [0.1, 0.15) is 0 Å². The van der Waals surface area contributed by atoms with E-state index < -0.39 is 0 Å². The normalized spacial score (nSPS) is 11.0. The average molecular weight is 296 g/mol. The first-order valence-electron chi connectivity index (χ1n) is 6.67. The predicted octanol–water partition coefficient (Wildman–Crippen LogP) is 3.15. The number of hydrogen-bond acceptors (Lipinski definition) is 3. The number of fused-ring (bicyclic) bond motifs is 2. The van der Waals surface area contributed by atoms with Crippen LogP contribution in [0, 0.1) is 0 Å². The van der Waals surface area contributed by atoms with Crippen LogP contribution in [0.25, 0.3) is 21.8 Å². The second-order valence-corrected chi connectivity index (χ2v) is 5.39. The molecule has 0 spiro atoms. The minimum absolute atomic E-state index is 0.557. The molecular weight excluding hydrogens is 280 g/mol. The van der Waals surface area contributed by atoms with Gasteiger partial charge in [0.25, 0.3) is 0 Å². The van der Waals surface area contributed by atoms with E-state index >= 15 is 0 Å². The second-order valence-electron chi connectivity index (χ2n) is 4.98. The number of nitrogens with zero attached hydrogens (tertiary/aromatic N) is 2. The van der Waals surface area contributed by atoms with E-state index in [1.54, 1.807) is 5.01 Å². The lowest BCUT2D eigenvalue weighted by Gasteiger charge is -2.18. The van der Waals surface area contributed by atoms with Gasteiger partial charge in [0.2, 0.25) is 0 Å². The van der Waals surface area contributed by atoms with Gasteiger partial charge in [-0.3, -0.25) is 5.43 Å². The van der Waals surface area contributed by atoms with Crippen molar-refractivity contribution in [3.05, 3.63) is 48.5 Å². The Morgan fingerprint density at radius 2 is 1.48 bits per heavy atom. The van der Waals surface area contributed by atoms with Crippen LogP contribution in [0.4, 0.5) is 5.69 Å². The summed E-state index contributed by atoms with van der Waals surface area (Å²) in [5.41, 5.74) is 5.94. The molecule has 0 radical (unpaired) electrons. The number of para-hydroxylation sites is 2. The van der Waals surface area contributed by atoms with E-state index in [4.69, 9.17) is 17.2 Å². The SMILES string of the molecule is CN(C)NC(=S)Nc1c2ccccc2nc2ccccc12. The highest BCUT2D eigenvalue weighted by Crippen LogP contribution is 2.30. The van der Waals surface area contributed by atoms with E-state index in [0.29, 0.717) is 5.11 Å². The topological polar surface area (TPSA) is 40.2 Å².